The van der Waals surface area contributed by atoms with E-state index >= 15 is 0 Å². The van der Waals surface area contributed by atoms with Gasteiger partial charge in [0.1, 0.15) is 11.6 Å². The molecule has 0 aliphatic rings. The highest BCUT2D eigenvalue weighted by molar-refractivity contribution is 5.78. The van der Waals surface area contributed by atoms with E-state index in [0.29, 0.717) is 29.7 Å². The van der Waals surface area contributed by atoms with Crippen molar-refractivity contribution in [2.45, 2.75) is 26.3 Å². The molecular weight excluding hydrogens is 354 g/mol. The fraction of sp³-hybridized carbons (Fsp3) is 0.318. The zero-order valence-electron chi connectivity index (χ0n) is 16.7. The molecule has 3 aromatic rings. The summed E-state index contributed by atoms with van der Waals surface area (Å²) in [4.78, 5) is 31.4. The van der Waals surface area contributed by atoms with Crippen molar-refractivity contribution in [3.8, 4) is 5.75 Å². The summed E-state index contributed by atoms with van der Waals surface area (Å²) in [6.07, 6.45) is 0.688. The predicted molar refractivity (Wildman–Crippen MR) is 110 cm³/mol. The van der Waals surface area contributed by atoms with Gasteiger partial charge in [0.25, 0.3) is 5.56 Å². The maximum absolute atomic E-state index is 12.6. The SMILES string of the molecule is COc1ccc(C)cc1CN(C)C(=O)CCc1nc2ccccc2c(=O)n1C. The van der Waals surface area contributed by atoms with E-state index in [1.54, 1.807) is 32.2 Å². The van der Waals surface area contributed by atoms with Gasteiger partial charge in [0.15, 0.2) is 0 Å². The topological polar surface area (TPSA) is 64.4 Å². The first-order valence-electron chi connectivity index (χ1n) is 9.23. The molecule has 1 amide bonds. The van der Waals surface area contributed by atoms with Crippen LogP contribution < -0.4 is 10.3 Å². The van der Waals surface area contributed by atoms with Crippen molar-refractivity contribution in [3.63, 3.8) is 0 Å². The van der Waals surface area contributed by atoms with Crippen LogP contribution in [-0.2, 0) is 24.8 Å². The van der Waals surface area contributed by atoms with Crippen LogP contribution in [0.15, 0.2) is 47.3 Å². The fourth-order valence-electron chi connectivity index (χ4n) is 3.27. The minimum Gasteiger partial charge on any atom is -0.496 e. The number of aromatic nitrogens is 2. The van der Waals surface area contributed by atoms with Crippen LogP contribution in [0.3, 0.4) is 0 Å². The third-order valence-corrected chi connectivity index (χ3v) is 4.91. The van der Waals surface area contributed by atoms with Crippen molar-refractivity contribution in [2.24, 2.45) is 7.05 Å². The molecule has 0 saturated heterocycles. The number of carbonyl (C=O) groups excluding carboxylic acids is 1. The largest absolute Gasteiger partial charge is 0.496 e. The summed E-state index contributed by atoms with van der Waals surface area (Å²) in [6, 6.07) is 13.2. The second-order valence-electron chi connectivity index (χ2n) is 6.97. The Morgan fingerprint density at radius 3 is 2.71 bits per heavy atom. The minimum absolute atomic E-state index is 0.00836. The van der Waals surface area contributed by atoms with E-state index in [4.69, 9.17) is 4.74 Å². The molecule has 0 unspecified atom stereocenters. The van der Waals surface area contributed by atoms with E-state index in [0.717, 1.165) is 16.9 Å². The summed E-state index contributed by atoms with van der Waals surface area (Å²) in [5.74, 6) is 1.37. The summed E-state index contributed by atoms with van der Waals surface area (Å²) in [6.45, 7) is 2.48. The molecule has 0 fully saturated rings. The highest BCUT2D eigenvalue weighted by atomic mass is 16.5. The fourth-order valence-corrected chi connectivity index (χ4v) is 3.27. The van der Waals surface area contributed by atoms with E-state index in [1.807, 2.05) is 43.3 Å². The Morgan fingerprint density at radius 1 is 1.21 bits per heavy atom. The summed E-state index contributed by atoms with van der Waals surface area (Å²) in [5, 5.41) is 0.587. The molecule has 0 atom stereocenters. The van der Waals surface area contributed by atoms with Gasteiger partial charge in [-0.25, -0.2) is 4.98 Å². The maximum Gasteiger partial charge on any atom is 0.261 e. The van der Waals surface area contributed by atoms with Gasteiger partial charge in [-0.3, -0.25) is 14.2 Å². The van der Waals surface area contributed by atoms with Crippen LogP contribution in [0.2, 0.25) is 0 Å². The van der Waals surface area contributed by atoms with Gasteiger partial charge in [-0.2, -0.15) is 0 Å². The second-order valence-corrected chi connectivity index (χ2v) is 6.97. The van der Waals surface area contributed by atoms with Crippen molar-refractivity contribution >= 4 is 16.8 Å². The highest BCUT2D eigenvalue weighted by Gasteiger charge is 2.15. The molecular formula is C22H25N3O3. The zero-order valence-corrected chi connectivity index (χ0v) is 16.7. The van der Waals surface area contributed by atoms with Crippen LogP contribution in [0, 0.1) is 6.92 Å². The van der Waals surface area contributed by atoms with Gasteiger partial charge in [-0.1, -0.05) is 29.8 Å². The number of rotatable bonds is 6. The maximum atomic E-state index is 12.6. The van der Waals surface area contributed by atoms with Gasteiger partial charge in [0.2, 0.25) is 5.91 Å². The number of para-hydroxylation sites is 1. The zero-order chi connectivity index (χ0) is 20.3. The average Bonchev–Trinajstić information content (AvgIpc) is 2.69. The molecule has 28 heavy (non-hydrogen) atoms. The van der Waals surface area contributed by atoms with E-state index in [9.17, 15) is 9.59 Å². The van der Waals surface area contributed by atoms with Gasteiger partial charge in [-0.05, 0) is 25.1 Å². The number of carbonyl (C=O) groups is 1. The standard InChI is InChI=1S/C22H25N3O3/c1-15-9-10-19(28-4)16(13-15)14-24(2)21(26)12-11-20-23-18-8-6-5-7-17(18)22(27)25(20)3/h5-10,13H,11-12,14H2,1-4H3. The molecule has 0 saturated carbocycles. The van der Waals surface area contributed by atoms with E-state index in [2.05, 4.69) is 4.98 Å². The first-order valence-corrected chi connectivity index (χ1v) is 9.23. The molecule has 0 N–H and O–H groups in total. The Hall–Kier alpha value is -3.15. The quantitative estimate of drug-likeness (QED) is 0.661. The molecule has 1 aromatic heterocycles. The lowest BCUT2D eigenvalue weighted by Crippen LogP contribution is -2.28. The third kappa shape index (κ3) is 4.06. The van der Waals surface area contributed by atoms with Crippen molar-refractivity contribution in [1.29, 1.82) is 0 Å². The molecule has 0 radical (unpaired) electrons. The van der Waals surface area contributed by atoms with E-state index in [-0.39, 0.29) is 17.9 Å². The number of fused-ring (bicyclic) bond motifs is 1. The Morgan fingerprint density at radius 2 is 1.96 bits per heavy atom. The second kappa shape index (κ2) is 8.25. The van der Waals surface area contributed by atoms with Crippen LogP contribution in [0.4, 0.5) is 0 Å². The van der Waals surface area contributed by atoms with Crippen molar-refractivity contribution < 1.29 is 9.53 Å². The van der Waals surface area contributed by atoms with Crippen LogP contribution in [0.1, 0.15) is 23.4 Å². The Balaban J connectivity index is 1.72. The summed E-state index contributed by atoms with van der Waals surface area (Å²) in [7, 11) is 5.10. The van der Waals surface area contributed by atoms with E-state index in [1.165, 1.54) is 4.57 Å². The number of methoxy groups -OCH3 is 1. The highest BCUT2D eigenvalue weighted by Crippen LogP contribution is 2.21. The van der Waals surface area contributed by atoms with Crippen LogP contribution in [-0.4, -0.2) is 34.5 Å². The number of ether oxygens (including phenoxy) is 1. The lowest BCUT2D eigenvalue weighted by Gasteiger charge is -2.19. The molecule has 1 heterocycles. The Kier molecular flexibility index (Phi) is 5.78. The smallest absolute Gasteiger partial charge is 0.261 e. The Bertz CT molecular complexity index is 1070. The third-order valence-electron chi connectivity index (χ3n) is 4.91. The van der Waals surface area contributed by atoms with Gasteiger partial charge in [0.05, 0.1) is 18.0 Å². The van der Waals surface area contributed by atoms with Crippen LogP contribution >= 0.6 is 0 Å². The summed E-state index contributed by atoms with van der Waals surface area (Å²) in [5.41, 5.74) is 2.65. The molecule has 0 aliphatic heterocycles. The number of hydrogen-bond acceptors (Lipinski definition) is 4. The lowest BCUT2D eigenvalue weighted by molar-refractivity contribution is -0.130. The first kappa shape index (κ1) is 19.6. The molecule has 146 valence electrons. The number of amides is 1. The molecule has 0 aliphatic carbocycles. The van der Waals surface area contributed by atoms with Crippen molar-refractivity contribution in [2.75, 3.05) is 14.2 Å². The minimum atomic E-state index is -0.0918. The number of aryl methyl sites for hydroxylation is 2. The van der Waals surface area contributed by atoms with Crippen LogP contribution in [0.25, 0.3) is 10.9 Å². The molecule has 3 rings (SSSR count). The molecule has 2 aromatic carbocycles. The van der Waals surface area contributed by atoms with Gasteiger partial charge in [0, 0.05) is 39.0 Å². The number of nitrogens with zero attached hydrogens (tertiary/aromatic N) is 3. The normalized spacial score (nSPS) is 10.9. The number of benzene rings is 2. The monoisotopic (exact) mass is 379 g/mol. The summed E-state index contributed by atoms with van der Waals surface area (Å²) < 4.78 is 6.92. The lowest BCUT2D eigenvalue weighted by atomic mass is 10.1. The molecule has 0 spiro atoms. The van der Waals surface area contributed by atoms with Crippen molar-refractivity contribution in [3.05, 3.63) is 69.8 Å². The van der Waals surface area contributed by atoms with Gasteiger partial charge < -0.3 is 9.64 Å². The van der Waals surface area contributed by atoms with E-state index < -0.39 is 0 Å². The molecule has 6 heteroatoms. The molecule has 6 nitrogen and oxygen atoms in total. The molecule has 0 bridgehead atoms. The first-order chi connectivity index (χ1) is 13.4. The number of hydrogen-bond donors (Lipinski definition) is 0. The predicted octanol–water partition coefficient (Wildman–Crippen LogP) is 2.84. The van der Waals surface area contributed by atoms with Gasteiger partial charge >= 0.3 is 0 Å². The summed E-state index contributed by atoms with van der Waals surface area (Å²) >= 11 is 0. The Labute approximate surface area is 164 Å². The van der Waals surface area contributed by atoms with Crippen molar-refractivity contribution in [1.82, 2.24) is 14.5 Å². The average molecular weight is 379 g/mol. The van der Waals surface area contributed by atoms with Crippen LogP contribution in [0.5, 0.6) is 5.75 Å². The van der Waals surface area contributed by atoms with Gasteiger partial charge in [-0.15, -0.1) is 0 Å².